The van der Waals surface area contributed by atoms with Crippen molar-refractivity contribution in [3.8, 4) is 17.2 Å². The Morgan fingerprint density at radius 1 is 1.22 bits per heavy atom. The molecule has 0 aromatic heterocycles. The van der Waals surface area contributed by atoms with Gasteiger partial charge < -0.3 is 19.5 Å². The SMILES string of the molecule is CCOc1ccc(/C=C/C(=O)NCc2cc(Cl)c3c(c2)OCCCO3)cc1. The number of carbonyl (C=O) groups is 1. The van der Waals surface area contributed by atoms with Crippen LogP contribution in [0.3, 0.4) is 0 Å². The molecule has 0 atom stereocenters. The van der Waals surface area contributed by atoms with Crippen molar-refractivity contribution >= 4 is 23.6 Å². The first-order chi connectivity index (χ1) is 13.2. The highest BCUT2D eigenvalue weighted by Crippen LogP contribution is 2.37. The monoisotopic (exact) mass is 387 g/mol. The highest BCUT2D eigenvalue weighted by molar-refractivity contribution is 6.32. The van der Waals surface area contributed by atoms with Crippen molar-refractivity contribution in [2.24, 2.45) is 0 Å². The van der Waals surface area contributed by atoms with Crippen LogP contribution in [0.2, 0.25) is 5.02 Å². The average Bonchev–Trinajstić information content (AvgIpc) is 2.92. The highest BCUT2D eigenvalue weighted by atomic mass is 35.5. The first-order valence-electron chi connectivity index (χ1n) is 8.92. The number of amides is 1. The molecule has 6 heteroatoms. The molecule has 142 valence electrons. The predicted octanol–water partition coefficient (Wildman–Crippen LogP) is 4.23. The fourth-order valence-electron chi connectivity index (χ4n) is 2.65. The predicted molar refractivity (Wildman–Crippen MR) is 106 cm³/mol. The van der Waals surface area contributed by atoms with Crippen LogP contribution in [0, 0.1) is 0 Å². The number of hydrogen-bond acceptors (Lipinski definition) is 4. The third-order valence-corrected chi connectivity index (χ3v) is 4.23. The molecule has 3 rings (SSSR count). The lowest BCUT2D eigenvalue weighted by atomic mass is 10.2. The van der Waals surface area contributed by atoms with E-state index < -0.39 is 0 Å². The Morgan fingerprint density at radius 2 is 2.00 bits per heavy atom. The molecule has 2 aromatic rings. The molecule has 1 aliphatic heterocycles. The number of ether oxygens (including phenoxy) is 3. The highest BCUT2D eigenvalue weighted by Gasteiger charge is 2.15. The van der Waals surface area contributed by atoms with Crippen LogP contribution < -0.4 is 19.5 Å². The zero-order valence-corrected chi connectivity index (χ0v) is 15.9. The molecular formula is C21H22ClNO4. The van der Waals surface area contributed by atoms with Crippen molar-refractivity contribution in [3.63, 3.8) is 0 Å². The summed E-state index contributed by atoms with van der Waals surface area (Å²) in [6.45, 7) is 4.09. The van der Waals surface area contributed by atoms with E-state index in [0.29, 0.717) is 42.9 Å². The lowest BCUT2D eigenvalue weighted by molar-refractivity contribution is -0.116. The molecule has 0 unspecified atom stereocenters. The summed E-state index contributed by atoms with van der Waals surface area (Å²) < 4.78 is 16.7. The molecule has 0 saturated carbocycles. The minimum absolute atomic E-state index is 0.188. The third-order valence-electron chi connectivity index (χ3n) is 3.95. The molecule has 27 heavy (non-hydrogen) atoms. The smallest absolute Gasteiger partial charge is 0.244 e. The van der Waals surface area contributed by atoms with Gasteiger partial charge >= 0.3 is 0 Å². The largest absolute Gasteiger partial charge is 0.494 e. The molecule has 0 spiro atoms. The number of halogens is 1. The van der Waals surface area contributed by atoms with Gasteiger partial charge in [0.1, 0.15) is 5.75 Å². The molecule has 0 fully saturated rings. The standard InChI is InChI=1S/C21H22ClNO4/c1-2-25-17-7-4-15(5-8-17)6-9-20(24)23-14-16-12-18(22)21-19(13-16)26-10-3-11-27-21/h4-9,12-13H,2-3,10-11,14H2,1H3,(H,23,24)/b9-6+. The lowest BCUT2D eigenvalue weighted by Crippen LogP contribution is -2.20. The van der Waals surface area contributed by atoms with Crippen LogP contribution in [0.15, 0.2) is 42.5 Å². The average molecular weight is 388 g/mol. The van der Waals surface area contributed by atoms with Gasteiger partial charge in [-0.15, -0.1) is 0 Å². The molecule has 0 aliphatic carbocycles. The van der Waals surface area contributed by atoms with Crippen LogP contribution in [0.1, 0.15) is 24.5 Å². The summed E-state index contributed by atoms with van der Waals surface area (Å²) in [5, 5.41) is 3.33. The van der Waals surface area contributed by atoms with Crippen molar-refractivity contribution in [3.05, 3.63) is 58.6 Å². The van der Waals surface area contributed by atoms with Crippen LogP contribution in [0.4, 0.5) is 0 Å². The minimum Gasteiger partial charge on any atom is -0.494 e. The van der Waals surface area contributed by atoms with Gasteiger partial charge in [0.05, 0.1) is 24.8 Å². The summed E-state index contributed by atoms with van der Waals surface area (Å²) in [6.07, 6.45) is 4.07. The van der Waals surface area contributed by atoms with E-state index >= 15 is 0 Å². The molecule has 0 saturated heterocycles. The summed E-state index contributed by atoms with van der Waals surface area (Å²) in [6, 6.07) is 11.2. The van der Waals surface area contributed by atoms with Crippen molar-refractivity contribution < 1.29 is 19.0 Å². The summed E-state index contributed by atoms with van der Waals surface area (Å²) in [7, 11) is 0. The van der Waals surface area contributed by atoms with Crippen LogP contribution in [-0.4, -0.2) is 25.7 Å². The van der Waals surface area contributed by atoms with Gasteiger partial charge in [0.25, 0.3) is 0 Å². The van der Waals surface area contributed by atoms with E-state index in [0.717, 1.165) is 23.3 Å². The molecule has 1 N–H and O–H groups in total. The third kappa shape index (κ3) is 5.41. The van der Waals surface area contributed by atoms with Gasteiger partial charge in [-0.25, -0.2) is 0 Å². The minimum atomic E-state index is -0.188. The van der Waals surface area contributed by atoms with E-state index in [1.54, 1.807) is 12.1 Å². The van der Waals surface area contributed by atoms with E-state index in [4.69, 9.17) is 25.8 Å². The van der Waals surface area contributed by atoms with Crippen LogP contribution in [0.5, 0.6) is 17.2 Å². The molecule has 5 nitrogen and oxygen atoms in total. The van der Waals surface area contributed by atoms with Gasteiger partial charge in [0.2, 0.25) is 5.91 Å². The number of fused-ring (bicyclic) bond motifs is 1. The summed E-state index contributed by atoms with van der Waals surface area (Å²) in [5.41, 5.74) is 1.78. The zero-order valence-electron chi connectivity index (χ0n) is 15.2. The maximum Gasteiger partial charge on any atom is 0.244 e. The van der Waals surface area contributed by atoms with Crippen LogP contribution in [-0.2, 0) is 11.3 Å². The Morgan fingerprint density at radius 3 is 2.78 bits per heavy atom. The van der Waals surface area contributed by atoms with Gasteiger partial charge in [-0.05, 0) is 48.4 Å². The maximum absolute atomic E-state index is 12.1. The van der Waals surface area contributed by atoms with E-state index in [1.807, 2.05) is 37.3 Å². The summed E-state index contributed by atoms with van der Waals surface area (Å²) in [4.78, 5) is 12.1. The Kier molecular flexibility index (Phi) is 6.60. The second-order valence-electron chi connectivity index (χ2n) is 6.01. The Hall–Kier alpha value is -2.66. The van der Waals surface area contributed by atoms with E-state index in [2.05, 4.69) is 5.32 Å². The summed E-state index contributed by atoms with van der Waals surface area (Å²) in [5.74, 6) is 1.81. The number of carbonyl (C=O) groups excluding carboxylic acids is 1. The van der Waals surface area contributed by atoms with Gasteiger partial charge in [0.15, 0.2) is 11.5 Å². The quantitative estimate of drug-likeness (QED) is 0.753. The van der Waals surface area contributed by atoms with Crippen molar-refractivity contribution in [2.45, 2.75) is 19.9 Å². The van der Waals surface area contributed by atoms with Gasteiger partial charge in [-0.1, -0.05) is 23.7 Å². The first-order valence-corrected chi connectivity index (χ1v) is 9.30. The van der Waals surface area contributed by atoms with Crippen LogP contribution >= 0.6 is 11.6 Å². The van der Waals surface area contributed by atoms with Gasteiger partial charge in [-0.2, -0.15) is 0 Å². The molecule has 1 aliphatic rings. The molecule has 0 bridgehead atoms. The Bertz CT molecular complexity index is 818. The van der Waals surface area contributed by atoms with Crippen molar-refractivity contribution in [1.82, 2.24) is 5.32 Å². The Balaban J connectivity index is 1.57. The number of rotatable bonds is 6. The normalized spacial score (nSPS) is 13.3. The number of benzene rings is 2. The van der Waals surface area contributed by atoms with Gasteiger partial charge in [-0.3, -0.25) is 4.79 Å². The second-order valence-corrected chi connectivity index (χ2v) is 6.42. The van der Waals surface area contributed by atoms with Gasteiger partial charge in [0, 0.05) is 19.0 Å². The molecule has 1 heterocycles. The molecule has 1 amide bonds. The topological polar surface area (TPSA) is 56.8 Å². The zero-order chi connectivity index (χ0) is 19.1. The first kappa shape index (κ1) is 19.1. The maximum atomic E-state index is 12.1. The van der Waals surface area contributed by atoms with Crippen molar-refractivity contribution in [2.75, 3.05) is 19.8 Å². The molecule has 0 radical (unpaired) electrons. The molecular weight excluding hydrogens is 366 g/mol. The Labute approximate surface area is 163 Å². The second kappa shape index (κ2) is 9.33. The number of hydrogen-bond donors (Lipinski definition) is 1. The van der Waals surface area contributed by atoms with E-state index in [9.17, 15) is 4.79 Å². The lowest BCUT2D eigenvalue weighted by Gasteiger charge is -2.11. The fraction of sp³-hybridized carbons (Fsp3) is 0.286. The van der Waals surface area contributed by atoms with E-state index in [1.165, 1.54) is 6.08 Å². The number of nitrogens with one attached hydrogen (secondary N) is 1. The van der Waals surface area contributed by atoms with E-state index in [-0.39, 0.29) is 5.91 Å². The van der Waals surface area contributed by atoms with Crippen LogP contribution in [0.25, 0.3) is 6.08 Å². The fourth-order valence-corrected chi connectivity index (χ4v) is 2.94. The molecule has 2 aromatic carbocycles. The summed E-state index contributed by atoms with van der Waals surface area (Å²) >= 11 is 6.27. The van der Waals surface area contributed by atoms with Crippen molar-refractivity contribution in [1.29, 1.82) is 0 Å².